The molecule has 0 aromatic heterocycles. The van der Waals surface area contributed by atoms with Crippen molar-refractivity contribution in [2.75, 3.05) is 0 Å². The average Bonchev–Trinajstić information content (AvgIpc) is 2.67. The number of hydrogen-bond donors (Lipinski definition) is 1. The summed E-state index contributed by atoms with van der Waals surface area (Å²) in [6.07, 6.45) is 1.79. The first-order valence-electron chi connectivity index (χ1n) is 8.28. The van der Waals surface area contributed by atoms with Crippen molar-refractivity contribution in [1.29, 1.82) is 0 Å². The van der Waals surface area contributed by atoms with Gasteiger partial charge in [-0.25, -0.2) is 0 Å². The van der Waals surface area contributed by atoms with Crippen molar-refractivity contribution >= 4 is 52.4 Å². The Morgan fingerprint density at radius 3 is 2.26 bits per heavy atom. The molecule has 3 rings (SSSR count). The highest BCUT2D eigenvalue weighted by Gasteiger charge is 2.13. The Labute approximate surface area is 173 Å². The van der Waals surface area contributed by atoms with Gasteiger partial charge in [-0.1, -0.05) is 89.4 Å². The summed E-state index contributed by atoms with van der Waals surface area (Å²) in [5, 5.41) is 4.57. The molecule has 0 heterocycles. The number of carbonyl (C=O) groups excluding carboxylic acids is 1. The van der Waals surface area contributed by atoms with Crippen molar-refractivity contribution in [1.82, 2.24) is 5.32 Å². The molecule has 0 bridgehead atoms. The van der Waals surface area contributed by atoms with Crippen LogP contribution in [0, 0.1) is 0 Å². The van der Waals surface area contributed by atoms with Gasteiger partial charge in [0.25, 0.3) is 5.91 Å². The molecule has 0 fully saturated rings. The summed E-state index contributed by atoms with van der Waals surface area (Å²) >= 11 is 18.4. The van der Waals surface area contributed by atoms with E-state index in [0.717, 1.165) is 16.7 Å². The first-order valence-corrected chi connectivity index (χ1v) is 9.42. The van der Waals surface area contributed by atoms with Crippen LogP contribution in [0.1, 0.15) is 16.7 Å². The number of nitrogens with one attached hydrogen (secondary N) is 1. The number of benzene rings is 3. The third-order valence-electron chi connectivity index (χ3n) is 3.99. The quantitative estimate of drug-likeness (QED) is 0.373. The zero-order chi connectivity index (χ0) is 19.2. The molecule has 1 amide bonds. The van der Waals surface area contributed by atoms with Crippen molar-refractivity contribution in [3.05, 3.63) is 105 Å². The van der Waals surface area contributed by atoms with Crippen molar-refractivity contribution in [3.8, 4) is 0 Å². The Morgan fingerprint density at radius 2 is 1.56 bits per heavy atom. The molecule has 0 aliphatic carbocycles. The lowest BCUT2D eigenvalue weighted by molar-refractivity contribution is -0.115. The predicted octanol–water partition coefficient (Wildman–Crippen LogP) is 6.50. The Kier molecular flexibility index (Phi) is 6.57. The lowest BCUT2D eigenvalue weighted by Crippen LogP contribution is -2.24. The molecule has 1 N–H and O–H groups in total. The molecular formula is C22H16Cl3NO. The van der Waals surface area contributed by atoms with E-state index in [4.69, 9.17) is 34.8 Å². The van der Waals surface area contributed by atoms with Crippen LogP contribution in [0.3, 0.4) is 0 Å². The van der Waals surface area contributed by atoms with E-state index in [2.05, 4.69) is 5.32 Å². The molecule has 0 saturated carbocycles. The van der Waals surface area contributed by atoms with Gasteiger partial charge >= 0.3 is 0 Å². The third-order valence-corrected chi connectivity index (χ3v) is 4.92. The van der Waals surface area contributed by atoms with Crippen LogP contribution in [-0.2, 0) is 11.3 Å². The monoisotopic (exact) mass is 415 g/mol. The number of carbonyl (C=O) groups is 1. The lowest BCUT2D eigenvalue weighted by Gasteiger charge is -2.11. The van der Waals surface area contributed by atoms with Gasteiger partial charge in [-0.15, -0.1) is 0 Å². The molecule has 0 atom stereocenters. The van der Waals surface area contributed by atoms with Crippen molar-refractivity contribution in [2.24, 2.45) is 0 Å². The summed E-state index contributed by atoms with van der Waals surface area (Å²) in [6, 6.07) is 22.0. The molecule has 136 valence electrons. The number of hydrogen-bond acceptors (Lipinski definition) is 1. The smallest absolute Gasteiger partial charge is 0.252 e. The molecule has 5 heteroatoms. The molecule has 2 nitrogen and oxygen atoms in total. The number of amides is 1. The van der Waals surface area contributed by atoms with E-state index in [9.17, 15) is 4.79 Å². The van der Waals surface area contributed by atoms with Crippen LogP contribution in [0.5, 0.6) is 0 Å². The van der Waals surface area contributed by atoms with E-state index in [0.29, 0.717) is 27.2 Å². The van der Waals surface area contributed by atoms with Gasteiger partial charge in [0.1, 0.15) is 0 Å². The molecular weight excluding hydrogens is 401 g/mol. The van der Waals surface area contributed by atoms with Crippen LogP contribution in [-0.4, -0.2) is 5.91 Å². The maximum atomic E-state index is 12.9. The number of halogens is 3. The highest BCUT2D eigenvalue weighted by Crippen LogP contribution is 2.24. The van der Waals surface area contributed by atoms with E-state index >= 15 is 0 Å². The Hall–Kier alpha value is -2.26. The second-order valence-corrected chi connectivity index (χ2v) is 7.11. The summed E-state index contributed by atoms with van der Waals surface area (Å²) < 4.78 is 0. The van der Waals surface area contributed by atoms with Gasteiger partial charge in [-0.05, 0) is 41.0 Å². The van der Waals surface area contributed by atoms with Gasteiger partial charge < -0.3 is 5.32 Å². The number of rotatable bonds is 5. The van der Waals surface area contributed by atoms with Crippen molar-refractivity contribution in [3.63, 3.8) is 0 Å². The fourth-order valence-electron chi connectivity index (χ4n) is 2.58. The highest BCUT2D eigenvalue weighted by molar-refractivity contribution is 6.35. The minimum absolute atomic E-state index is 0.216. The van der Waals surface area contributed by atoms with Crippen molar-refractivity contribution < 1.29 is 4.79 Å². The van der Waals surface area contributed by atoms with Crippen LogP contribution in [0.25, 0.3) is 11.6 Å². The summed E-state index contributed by atoms with van der Waals surface area (Å²) in [7, 11) is 0. The van der Waals surface area contributed by atoms with E-state index in [1.165, 1.54) is 0 Å². The topological polar surface area (TPSA) is 29.1 Å². The Balaban J connectivity index is 1.89. The zero-order valence-corrected chi connectivity index (χ0v) is 16.5. The SMILES string of the molecule is O=C(NCc1ccc(Cl)cc1Cl)C(=Cc1ccccc1Cl)c1ccccc1. The molecule has 0 spiro atoms. The Bertz CT molecular complexity index is 984. The van der Waals surface area contributed by atoms with Gasteiger partial charge in [0, 0.05) is 27.2 Å². The van der Waals surface area contributed by atoms with Crippen molar-refractivity contribution in [2.45, 2.75) is 6.54 Å². The maximum absolute atomic E-state index is 12.9. The van der Waals surface area contributed by atoms with E-state index < -0.39 is 0 Å². The minimum atomic E-state index is -0.216. The van der Waals surface area contributed by atoms with E-state index in [1.54, 1.807) is 30.3 Å². The minimum Gasteiger partial charge on any atom is -0.348 e. The first-order chi connectivity index (χ1) is 13.0. The largest absolute Gasteiger partial charge is 0.348 e. The Morgan fingerprint density at radius 1 is 0.852 bits per heavy atom. The van der Waals surface area contributed by atoms with Gasteiger partial charge in [-0.3, -0.25) is 4.79 Å². The fraction of sp³-hybridized carbons (Fsp3) is 0.0455. The van der Waals surface area contributed by atoms with E-state index in [-0.39, 0.29) is 5.91 Å². The van der Waals surface area contributed by atoms with E-state index in [1.807, 2.05) is 48.5 Å². The van der Waals surface area contributed by atoms with Crippen LogP contribution >= 0.6 is 34.8 Å². The second-order valence-electron chi connectivity index (χ2n) is 5.86. The molecule has 3 aromatic rings. The molecule has 0 saturated heterocycles. The van der Waals surface area contributed by atoms with Crippen LogP contribution < -0.4 is 5.32 Å². The third kappa shape index (κ3) is 5.14. The fourth-order valence-corrected chi connectivity index (χ4v) is 3.25. The molecule has 0 aliphatic heterocycles. The molecule has 27 heavy (non-hydrogen) atoms. The molecule has 0 aliphatic rings. The van der Waals surface area contributed by atoms with Gasteiger partial charge in [0.05, 0.1) is 0 Å². The first kappa shape index (κ1) is 19.5. The summed E-state index contributed by atoms with van der Waals surface area (Å²) in [6.45, 7) is 0.293. The average molecular weight is 417 g/mol. The van der Waals surface area contributed by atoms with Gasteiger partial charge in [0.2, 0.25) is 0 Å². The van der Waals surface area contributed by atoms with Crippen LogP contribution in [0.2, 0.25) is 15.1 Å². The van der Waals surface area contributed by atoms with Gasteiger partial charge in [0.15, 0.2) is 0 Å². The highest BCUT2D eigenvalue weighted by atomic mass is 35.5. The predicted molar refractivity (Wildman–Crippen MR) is 114 cm³/mol. The van der Waals surface area contributed by atoms with Crippen LogP contribution in [0.15, 0.2) is 72.8 Å². The summed E-state index contributed by atoms with van der Waals surface area (Å²) in [4.78, 5) is 12.9. The summed E-state index contributed by atoms with van der Waals surface area (Å²) in [5.41, 5.74) is 2.89. The second kappa shape index (κ2) is 9.09. The maximum Gasteiger partial charge on any atom is 0.252 e. The molecule has 0 radical (unpaired) electrons. The normalized spacial score (nSPS) is 11.3. The van der Waals surface area contributed by atoms with Crippen LogP contribution in [0.4, 0.5) is 0 Å². The zero-order valence-electron chi connectivity index (χ0n) is 14.3. The molecule has 3 aromatic carbocycles. The standard InChI is InChI=1S/C22H16Cl3NO/c23-18-11-10-17(21(25)13-18)14-26-22(27)19(15-6-2-1-3-7-15)12-16-8-4-5-9-20(16)24/h1-13H,14H2,(H,26,27). The van der Waals surface area contributed by atoms with Gasteiger partial charge in [-0.2, -0.15) is 0 Å². The summed E-state index contributed by atoms with van der Waals surface area (Å²) in [5.74, 6) is -0.216. The lowest BCUT2D eigenvalue weighted by atomic mass is 10.0. The molecule has 0 unspecified atom stereocenters.